The van der Waals surface area contributed by atoms with Crippen molar-refractivity contribution in [1.82, 2.24) is 10.2 Å². The Labute approximate surface area is 204 Å². The van der Waals surface area contributed by atoms with E-state index in [4.69, 9.17) is 20.8 Å². The lowest BCUT2D eigenvalue weighted by atomic mass is 10.0. The maximum Gasteiger partial charge on any atom is 0.287 e. The van der Waals surface area contributed by atoms with E-state index in [0.717, 1.165) is 37.2 Å². The van der Waals surface area contributed by atoms with Crippen molar-refractivity contribution in [1.29, 1.82) is 0 Å². The summed E-state index contributed by atoms with van der Waals surface area (Å²) in [6.07, 6.45) is 3.44. The number of piperidine rings is 1. The predicted molar refractivity (Wildman–Crippen MR) is 129 cm³/mol. The van der Waals surface area contributed by atoms with Crippen molar-refractivity contribution < 1.29 is 22.4 Å². The van der Waals surface area contributed by atoms with Crippen LogP contribution >= 0.6 is 11.6 Å². The molecule has 1 fully saturated rings. The van der Waals surface area contributed by atoms with Crippen LogP contribution in [0.25, 0.3) is 0 Å². The average molecular weight is 503 g/mol. The molecule has 7 nitrogen and oxygen atoms in total. The van der Waals surface area contributed by atoms with Crippen LogP contribution in [-0.2, 0) is 9.84 Å². The van der Waals surface area contributed by atoms with Crippen molar-refractivity contribution in [3.05, 3.63) is 77.0 Å². The fraction of sp³-hybridized carbons (Fsp3) is 0.320. The van der Waals surface area contributed by atoms with Crippen molar-refractivity contribution in [2.75, 3.05) is 26.7 Å². The third-order valence-corrected chi connectivity index (χ3v) is 7.88. The lowest BCUT2D eigenvalue weighted by Gasteiger charge is -2.35. The molecule has 0 radical (unpaired) electrons. The molecule has 4 rings (SSSR count). The lowest BCUT2D eigenvalue weighted by molar-refractivity contribution is 0.0892. The topological polar surface area (TPSA) is 88.8 Å². The highest BCUT2D eigenvalue weighted by Gasteiger charge is 2.26. The molecule has 2 aromatic carbocycles. The third kappa shape index (κ3) is 5.46. The molecular formula is C25H27ClN2O5S. The highest BCUT2D eigenvalue weighted by molar-refractivity contribution is 7.91. The molecule has 1 N–H and O–H groups in total. The Morgan fingerprint density at radius 2 is 1.71 bits per heavy atom. The molecular weight excluding hydrogens is 476 g/mol. The number of likely N-dealkylation sites (tertiary alicyclic amines) is 1. The number of hydrogen-bond donors (Lipinski definition) is 1. The number of methoxy groups -OCH3 is 1. The zero-order valence-electron chi connectivity index (χ0n) is 18.9. The van der Waals surface area contributed by atoms with Gasteiger partial charge in [0.1, 0.15) is 5.75 Å². The smallest absolute Gasteiger partial charge is 0.287 e. The minimum Gasteiger partial charge on any atom is -0.497 e. The number of nitrogens with one attached hydrogen (secondary N) is 1. The van der Waals surface area contributed by atoms with Crippen LogP contribution in [0.15, 0.2) is 75.1 Å². The van der Waals surface area contributed by atoms with Gasteiger partial charge in [0.05, 0.1) is 18.0 Å². The number of furan rings is 1. The van der Waals surface area contributed by atoms with E-state index < -0.39 is 15.7 Å². The SMILES string of the molecule is COc1ccc(C(CNC(=O)c2ccc(S(=O)(=O)c3ccc(Cl)cc3)o2)N2CCCCC2)cc1. The number of benzene rings is 2. The van der Waals surface area contributed by atoms with Crippen LogP contribution in [0, 0.1) is 0 Å². The largest absolute Gasteiger partial charge is 0.497 e. The number of rotatable bonds is 8. The van der Waals surface area contributed by atoms with Gasteiger partial charge in [-0.3, -0.25) is 9.69 Å². The Bertz CT molecular complexity index is 1220. The van der Waals surface area contributed by atoms with Gasteiger partial charge in [-0.15, -0.1) is 0 Å². The van der Waals surface area contributed by atoms with Crippen molar-refractivity contribution in [2.24, 2.45) is 0 Å². The Balaban J connectivity index is 1.48. The van der Waals surface area contributed by atoms with Crippen LogP contribution in [0.2, 0.25) is 5.02 Å². The number of amides is 1. The van der Waals surface area contributed by atoms with E-state index in [1.807, 2.05) is 24.3 Å². The first-order valence-corrected chi connectivity index (χ1v) is 13.0. The minimum absolute atomic E-state index is 0.0117. The standard InChI is InChI=1S/C25H27ClN2O5S/c1-32-20-9-5-18(6-10-20)22(28-15-3-2-4-16-28)17-27-25(29)23-13-14-24(33-23)34(30,31)21-11-7-19(26)8-12-21/h5-14,22H,2-4,15-17H2,1H3,(H,27,29). The Morgan fingerprint density at radius 1 is 1.03 bits per heavy atom. The molecule has 9 heteroatoms. The van der Waals surface area contributed by atoms with Gasteiger partial charge in [0, 0.05) is 11.6 Å². The molecule has 0 saturated carbocycles. The fourth-order valence-corrected chi connectivity index (χ4v) is 5.41. The number of nitrogens with zero attached hydrogens (tertiary/aromatic N) is 1. The summed E-state index contributed by atoms with van der Waals surface area (Å²) in [4.78, 5) is 15.2. The van der Waals surface area contributed by atoms with Gasteiger partial charge in [-0.05, 0) is 80.0 Å². The van der Waals surface area contributed by atoms with Crippen LogP contribution in [0.4, 0.5) is 0 Å². The summed E-state index contributed by atoms with van der Waals surface area (Å²) >= 11 is 5.85. The average Bonchev–Trinajstić information content (AvgIpc) is 3.37. The van der Waals surface area contributed by atoms with E-state index in [2.05, 4.69) is 10.2 Å². The second kappa shape index (κ2) is 10.6. The molecule has 1 saturated heterocycles. The number of carbonyl (C=O) groups is 1. The van der Waals surface area contributed by atoms with Crippen molar-refractivity contribution in [3.63, 3.8) is 0 Å². The summed E-state index contributed by atoms with van der Waals surface area (Å²) in [5.74, 6) is 0.253. The highest BCUT2D eigenvalue weighted by atomic mass is 35.5. The first-order chi connectivity index (χ1) is 16.4. The van der Waals surface area contributed by atoms with Crippen molar-refractivity contribution in [2.45, 2.75) is 35.3 Å². The summed E-state index contributed by atoms with van der Waals surface area (Å²) in [5.41, 5.74) is 1.08. The molecule has 0 bridgehead atoms. The first kappa shape index (κ1) is 24.3. The number of sulfone groups is 1. The normalized spacial score (nSPS) is 15.6. The summed E-state index contributed by atoms with van der Waals surface area (Å²) < 4.78 is 36.3. The van der Waals surface area contributed by atoms with Crippen LogP contribution in [-0.4, -0.2) is 46.0 Å². The second-order valence-electron chi connectivity index (χ2n) is 8.17. The molecule has 1 aliphatic heterocycles. The van der Waals surface area contributed by atoms with E-state index in [0.29, 0.717) is 11.6 Å². The Kier molecular flexibility index (Phi) is 7.60. The van der Waals surface area contributed by atoms with E-state index in [1.54, 1.807) is 7.11 Å². The minimum atomic E-state index is -3.89. The summed E-state index contributed by atoms with van der Waals surface area (Å²) in [6, 6.07) is 16.3. The van der Waals surface area contributed by atoms with E-state index in [-0.39, 0.29) is 21.8 Å². The van der Waals surface area contributed by atoms with Gasteiger partial charge >= 0.3 is 0 Å². The number of carbonyl (C=O) groups excluding carboxylic acids is 1. The molecule has 0 spiro atoms. The molecule has 2 heterocycles. The third-order valence-electron chi connectivity index (χ3n) is 5.98. The van der Waals surface area contributed by atoms with E-state index >= 15 is 0 Å². The molecule has 1 amide bonds. The molecule has 1 aromatic heterocycles. The lowest BCUT2D eigenvalue weighted by Crippen LogP contribution is -2.40. The molecule has 1 atom stereocenters. The molecule has 1 unspecified atom stereocenters. The van der Waals surface area contributed by atoms with Crippen LogP contribution in [0.5, 0.6) is 5.75 Å². The Hall–Kier alpha value is -2.81. The highest BCUT2D eigenvalue weighted by Crippen LogP contribution is 2.27. The van der Waals surface area contributed by atoms with E-state index in [1.165, 1.54) is 42.8 Å². The molecule has 0 aliphatic carbocycles. The van der Waals surface area contributed by atoms with Crippen LogP contribution in [0.3, 0.4) is 0 Å². The number of hydrogen-bond acceptors (Lipinski definition) is 6. The monoisotopic (exact) mass is 502 g/mol. The van der Waals surface area contributed by atoms with Gasteiger partial charge in [0.25, 0.3) is 5.91 Å². The zero-order chi connectivity index (χ0) is 24.1. The van der Waals surface area contributed by atoms with Gasteiger partial charge in [-0.25, -0.2) is 8.42 Å². The second-order valence-corrected chi connectivity index (χ2v) is 10.5. The van der Waals surface area contributed by atoms with Crippen LogP contribution < -0.4 is 10.1 Å². The van der Waals surface area contributed by atoms with Crippen molar-refractivity contribution in [3.8, 4) is 5.75 Å². The molecule has 1 aliphatic rings. The maximum absolute atomic E-state index is 12.8. The van der Waals surface area contributed by atoms with Gasteiger partial charge in [0.2, 0.25) is 14.9 Å². The van der Waals surface area contributed by atoms with Crippen LogP contribution in [0.1, 0.15) is 41.4 Å². The van der Waals surface area contributed by atoms with E-state index in [9.17, 15) is 13.2 Å². The van der Waals surface area contributed by atoms with Gasteiger partial charge in [-0.2, -0.15) is 0 Å². The maximum atomic E-state index is 12.8. The van der Waals surface area contributed by atoms with Gasteiger partial charge in [-0.1, -0.05) is 30.2 Å². The predicted octanol–water partition coefficient (Wildman–Crippen LogP) is 4.73. The number of halogens is 1. The number of ether oxygens (including phenoxy) is 1. The molecule has 34 heavy (non-hydrogen) atoms. The quantitative estimate of drug-likeness (QED) is 0.479. The van der Waals surface area contributed by atoms with Crippen molar-refractivity contribution >= 4 is 27.3 Å². The summed E-state index contributed by atoms with van der Waals surface area (Å²) in [5, 5.41) is 3.06. The molecule has 180 valence electrons. The van der Waals surface area contributed by atoms with Gasteiger partial charge < -0.3 is 14.5 Å². The zero-order valence-corrected chi connectivity index (χ0v) is 20.4. The summed E-state index contributed by atoms with van der Waals surface area (Å²) in [6.45, 7) is 2.28. The summed E-state index contributed by atoms with van der Waals surface area (Å²) in [7, 11) is -2.26. The fourth-order valence-electron chi connectivity index (χ4n) is 4.11. The Morgan fingerprint density at radius 3 is 2.35 bits per heavy atom. The first-order valence-electron chi connectivity index (χ1n) is 11.1. The van der Waals surface area contributed by atoms with Gasteiger partial charge in [0.15, 0.2) is 5.76 Å². The molecule has 3 aromatic rings.